The highest BCUT2D eigenvalue weighted by atomic mass is 35.5. The zero-order valence-electron chi connectivity index (χ0n) is 10.5. The third kappa shape index (κ3) is 31.4. The minimum atomic E-state index is 0. The first-order valence-electron chi connectivity index (χ1n) is 4.50. The molecule has 96 valence electrons. The summed E-state index contributed by atoms with van der Waals surface area (Å²) in [7, 11) is 10.1. The molecule has 0 rings (SSSR count). The van der Waals surface area contributed by atoms with Gasteiger partial charge in [0.1, 0.15) is 6.54 Å². The second-order valence-corrected chi connectivity index (χ2v) is 4.20. The number of halogens is 2. The smallest absolute Gasteiger partial charge is 0.102 e. The van der Waals surface area contributed by atoms with E-state index in [2.05, 4.69) is 20.7 Å². The topological polar surface area (TPSA) is 23.5 Å². The highest BCUT2D eigenvalue weighted by Gasteiger charge is 2.09. The summed E-state index contributed by atoms with van der Waals surface area (Å²) in [5.41, 5.74) is 0. The molecule has 0 aromatic rings. The van der Waals surface area contributed by atoms with Crippen LogP contribution in [0.5, 0.6) is 0 Å². The Morgan fingerprint density at radius 3 is 1.80 bits per heavy atom. The predicted octanol–water partition coefficient (Wildman–Crippen LogP) is -2.16. The Bertz CT molecular complexity index is 128. The van der Waals surface area contributed by atoms with Crippen molar-refractivity contribution in [2.45, 2.75) is 0 Å². The average Bonchev–Trinajstić information content (AvgIpc) is 1.84. The van der Waals surface area contributed by atoms with E-state index < -0.39 is 0 Å². The molecule has 0 spiro atoms. The lowest BCUT2D eigenvalue weighted by molar-refractivity contribution is -0.884. The van der Waals surface area contributed by atoms with E-state index in [9.17, 15) is 0 Å². The summed E-state index contributed by atoms with van der Waals surface area (Å²) in [4.78, 5) is 2.00. The summed E-state index contributed by atoms with van der Waals surface area (Å²) in [6.45, 7) is 5.60. The number of nitrogens with zero attached hydrogens (tertiary/aromatic N) is 2. The fourth-order valence-corrected chi connectivity index (χ4v) is 0.711. The number of hydrogen-bond donors (Lipinski definition) is 1. The molecular weight excluding hydrogens is 235 g/mol. The number of hydrogen-bond acceptors (Lipinski definition) is 2. The molecule has 0 aliphatic rings. The van der Waals surface area contributed by atoms with Gasteiger partial charge in [0.05, 0.1) is 27.2 Å². The van der Waals surface area contributed by atoms with Gasteiger partial charge in [0.2, 0.25) is 0 Å². The maximum atomic E-state index is 8.58. The fraction of sp³-hybridized carbons (Fsp3) is 0.800. The van der Waals surface area contributed by atoms with Crippen molar-refractivity contribution < 1.29 is 22.0 Å². The SMILES string of the molecule is C=CC[N+](C)(C)CCO.CN(C)C.Cl.[Cl-]. The minimum absolute atomic E-state index is 0. The van der Waals surface area contributed by atoms with E-state index in [1.807, 2.05) is 32.1 Å². The molecule has 0 heterocycles. The van der Waals surface area contributed by atoms with Gasteiger partial charge in [-0.1, -0.05) is 6.58 Å². The molecule has 0 saturated carbocycles. The third-order valence-electron chi connectivity index (χ3n) is 1.33. The van der Waals surface area contributed by atoms with Gasteiger partial charge in [-0.2, -0.15) is 0 Å². The summed E-state index contributed by atoms with van der Waals surface area (Å²) >= 11 is 0. The van der Waals surface area contributed by atoms with Crippen LogP contribution in [0.2, 0.25) is 0 Å². The Morgan fingerprint density at radius 2 is 1.60 bits per heavy atom. The summed E-state index contributed by atoms with van der Waals surface area (Å²) in [6.07, 6.45) is 1.87. The Balaban J connectivity index is -0.0000000883. The number of quaternary nitrogens is 1. The van der Waals surface area contributed by atoms with Crippen molar-refractivity contribution >= 4 is 12.4 Å². The second-order valence-electron chi connectivity index (χ2n) is 4.20. The number of aliphatic hydroxyl groups excluding tert-OH is 1. The lowest BCUT2D eigenvalue weighted by Crippen LogP contribution is -3.00. The van der Waals surface area contributed by atoms with Crippen molar-refractivity contribution in [3.8, 4) is 0 Å². The van der Waals surface area contributed by atoms with Crippen LogP contribution in [-0.4, -0.2) is 69.4 Å². The van der Waals surface area contributed by atoms with Crippen molar-refractivity contribution in [1.82, 2.24) is 4.90 Å². The first kappa shape index (κ1) is 24.4. The Kier molecular flexibility index (Phi) is 23.1. The van der Waals surface area contributed by atoms with Crippen LogP contribution in [0, 0.1) is 0 Å². The zero-order valence-corrected chi connectivity index (χ0v) is 12.1. The molecule has 0 radical (unpaired) electrons. The van der Waals surface area contributed by atoms with Gasteiger partial charge in [-0.05, 0) is 27.2 Å². The number of likely N-dealkylation sites (N-methyl/N-ethyl adjacent to an activating group) is 1. The quantitative estimate of drug-likeness (QED) is 0.460. The van der Waals surface area contributed by atoms with E-state index in [1.54, 1.807) is 0 Å². The normalized spacial score (nSPS) is 9.27. The van der Waals surface area contributed by atoms with Gasteiger partial charge in [-0.25, -0.2) is 0 Å². The van der Waals surface area contributed by atoms with Gasteiger partial charge in [0.25, 0.3) is 0 Å². The van der Waals surface area contributed by atoms with E-state index in [0.29, 0.717) is 0 Å². The lowest BCUT2D eigenvalue weighted by atomic mass is 10.4. The predicted molar refractivity (Wildman–Crippen MR) is 66.0 cm³/mol. The molecule has 0 atom stereocenters. The molecule has 0 aromatic carbocycles. The highest BCUT2D eigenvalue weighted by molar-refractivity contribution is 5.85. The largest absolute Gasteiger partial charge is 1.00 e. The van der Waals surface area contributed by atoms with Crippen LogP contribution in [0.4, 0.5) is 0 Å². The highest BCUT2D eigenvalue weighted by Crippen LogP contribution is 1.93. The van der Waals surface area contributed by atoms with Crippen LogP contribution in [0.1, 0.15) is 0 Å². The van der Waals surface area contributed by atoms with Crippen LogP contribution >= 0.6 is 12.4 Å². The molecule has 1 N–H and O–H groups in total. The van der Waals surface area contributed by atoms with E-state index >= 15 is 0 Å². The molecule has 0 saturated heterocycles. The third-order valence-corrected chi connectivity index (χ3v) is 1.33. The molecule has 0 aliphatic carbocycles. The first-order valence-corrected chi connectivity index (χ1v) is 4.50. The van der Waals surface area contributed by atoms with Gasteiger partial charge in [0.15, 0.2) is 0 Å². The van der Waals surface area contributed by atoms with Crippen molar-refractivity contribution in [3.63, 3.8) is 0 Å². The summed E-state index contributed by atoms with van der Waals surface area (Å²) < 4.78 is 0.819. The second kappa shape index (κ2) is 14.2. The number of rotatable bonds is 4. The molecule has 0 amide bonds. The van der Waals surface area contributed by atoms with Crippen molar-refractivity contribution in [1.29, 1.82) is 0 Å². The number of aliphatic hydroxyl groups is 1. The van der Waals surface area contributed by atoms with Gasteiger partial charge < -0.3 is 26.9 Å². The molecule has 15 heavy (non-hydrogen) atoms. The van der Waals surface area contributed by atoms with E-state index in [0.717, 1.165) is 17.6 Å². The van der Waals surface area contributed by atoms with Crippen molar-refractivity contribution in [2.75, 3.05) is 54.9 Å². The van der Waals surface area contributed by atoms with Gasteiger partial charge in [-0.15, -0.1) is 12.4 Å². The maximum absolute atomic E-state index is 8.58. The molecule has 0 bridgehead atoms. The van der Waals surface area contributed by atoms with Crippen LogP contribution < -0.4 is 12.4 Å². The average molecular weight is 261 g/mol. The van der Waals surface area contributed by atoms with Crippen LogP contribution in [0.3, 0.4) is 0 Å². The molecule has 0 unspecified atom stereocenters. The van der Waals surface area contributed by atoms with E-state index in [1.165, 1.54) is 0 Å². The molecule has 3 nitrogen and oxygen atoms in total. The van der Waals surface area contributed by atoms with Crippen molar-refractivity contribution in [3.05, 3.63) is 12.7 Å². The lowest BCUT2D eigenvalue weighted by Gasteiger charge is -2.26. The Labute approximate surface area is 107 Å². The maximum Gasteiger partial charge on any atom is 0.102 e. The van der Waals surface area contributed by atoms with Crippen LogP contribution in [0.15, 0.2) is 12.7 Å². The van der Waals surface area contributed by atoms with Crippen LogP contribution in [0.25, 0.3) is 0 Å². The zero-order chi connectivity index (χ0) is 10.9. The first-order chi connectivity index (χ1) is 5.85. The van der Waals surface area contributed by atoms with Gasteiger partial charge in [-0.3, -0.25) is 0 Å². The summed E-state index contributed by atoms with van der Waals surface area (Å²) in [6, 6.07) is 0. The van der Waals surface area contributed by atoms with Crippen molar-refractivity contribution in [2.24, 2.45) is 0 Å². The Hall–Kier alpha value is 0.200. The standard InChI is InChI=1S/C7H16NO.C3H9N.2ClH/c1-4-5-8(2,3)6-7-9;1-4(2)3;;/h4,9H,1,5-7H2,2-3H3;1-3H3;2*1H/q+1;;;/p-1. The monoisotopic (exact) mass is 260 g/mol. The summed E-state index contributed by atoms with van der Waals surface area (Å²) in [5, 5.41) is 8.58. The molecule has 0 fully saturated rings. The fourth-order valence-electron chi connectivity index (χ4n) is 0.711. The minimum Gasteiger partial charge on any atom is -1.00 e. The summed E-state index contributed by atoms with van der Waals surface area (Å²) in [5.74, 6) is 0. The van der Waals surface area contributed by atoms with Gasteiger partial charge in [0, 0.05) is 0 Å². The van der Waals surface area contributed by atoms with E-state index in [-0.39, 0.29) is 31.4 Å². The molecule has 0 aliphatic heterocycles. The molecule has 5 heteroatoms. The Morgan fingerprint density at radius 1 is 1.27 bits per heavy atom. The molecular formula is C10H26Cl2N2O. The molecule has 0 aromatic heterocycles. The van der Waals surface area contributed by atoms with Crippen LogP contribution in [-0.2, 0) is 0 Å². The van der Waals surface area contributed by atoms with Gasteiger partial charge >= 0.3 is 0 Å². The van der Waals surface area contributed by atoms with E-state index in [4.69, 9.17) is 5.11 Å².